The molecule has 4 rings (SSSR count). The molecule has 4 aromatic rings. The van der Waals surface area contributed by atoms with E-state index in [4.69, 9.17) is 10.2 Å². The van der Waals surface area contributed by atoms with E-state index in [-0.39, 0.29) is 0 Å². The summed E-state index contributed by atoms with van der Waals surface area (Å²) < 4.78 is 6.07. The maximum atomic E-state index is 6.18. The predicted octanol–water partition coefficient (Wildman–Crippen LogP) is 4.45. The van der Waals surface area contributed by atoms with Crippen LogP contribution in [0.5, 0.6) is 0 Å². The smallest absolute Gasteiger partial charge is 0.232 e. The Hall–Kier alpha value is -3.14. The first kappa shape index (κ1) is 13.5. The molecular formula is C19H15N3O. The standard InChI is InChI=1S/C19H15N3O/c1-12-21-18(20)16-15(13-8-4-2-5-9-13)17(23-19(16)22-12)14-10-6-3-7-11-14/h2-11H,1H3,(H2,20,21,22). The fraction of sp³-hybridized carbons (Fsp3) is 0.0526. The SMILES string of the molecule is Cc1nc(N)c2c(-c3ccccc3)c(-c3ccccc3)oc2n1. The zero-order chi connectivity index (χ0) is 15.8. The number of nitrogens with zero attached hydrogens (tertiary/aromatic N) is 2. The minimum absolute atomic E-state index is 0.442. The van der Waals surface area contributed by atoms with Gasteiger partial charge in [-0.1, -0.05) is 60.7 Å². The van der Waals surface area contributed by atoms with Crippen LogP contribution < -0.4 is 5.73 Å². The van der Waals surface area contributed by atoms with Gasteiger partial charge in [-0.05, 0) is 12.5 Å². The van der Waals surface area contributed by atoms with Crippen molar-refractivity contribution in [1.82, 2.24) is 9.97 Å². The molecule has 2 aromatic carbocycles. The molecule has 0 saturated heterocycles. The van der Waals surface area contributed by atoms with Gasteiger partial charge in [0.05, 0.1) is 5.39 Å². The molecule has 0 saturated carbocycles. The van der Waals surface area contributed by atoms with E-state index in [1.807, 2.05) is 67.6 Å². The normalized spacial score (nSPS) is 11.0. The van der Waals surface area contributed by atoms with Gasteiger partial charge in [-0.25, -0.2) is 4.98 Å². The van der Waals surface area contributed by atoms with Crippen LogP contribution in [0.1, 0.15) is 5.82 Å². The molecule has 2 heterocycles. The average Bonchev–Trinajstić information content (AvgIpc) is 2.96. The van der Waals surface area contributed by atoms with E-state index in [2.05, 4.69) is 9.97 Å². The van der Waals surface area contributed by atoms with Crippen molar-refractivity contribution >= 4 is 16.9 Å². The van der Waals surface area contributed by atoms with Crippen molar-refractivity contribution in [3.05, 3.63) is 66.5 Å². The second-order valence-electron chi connectivity index (χ2n) is 5.37. The van der Waals surface area contributed by atoms with E-state index in [9.17, 15) is 0 Å². The first-order chi connectivity index (χ1) is 11.2. The van der Waals surface area contributed by atoms with Crippen LogP contribution in [-0.4, -0.2) is 9.97 Å². The molecule has 23 heavy (non-hydrogen) atoms. The van der Waals surface area contributed by atoms with E-state index in [1.165, 1.54) is 0 Å². The molecule has 0 fully saturated rings. The Kier molecular flexibility index (Phi) is 3.08. The van der Waals surface area contributed by atoms with Gasteiger partial charge in [-0.2, -0.15) is 4.98 Å². The largest absolute Gasteiger partial charge is 0.437 e. The van der Waals surface area contributed by atoms with Crippen molar-refractivity contribution in [2.75, 3.05) is 5.73 Å². The van der Waals surface area contributed by atoms with Crippen molar-refractivity contribution in [3.8, 4) is 22.5 Å². The molecule has 0 aliphatic carbocycles. The zero-order valence-corrected chi connectivity index (χ0v) is 12.7. The lowest BCUT2D eigenvalue weighted by Crippen LogP contribution is -1.96. The highest BCUT2D eigenvalue weighted by molar-refractivity contribution is 6.05. The molecule has 0 atom stereocenters. The van der Waals surface area contributed by atoms with E-state index in [1.54, 1.807) is 0 Å². The van der Waals surface area contributed by atoms with E-state index >= 15 is 0 Å². The lowest BCUT2D eigenvalue weighted by atomic mass is 9.99. The topological polar surface area (TPSA) is 64.9 Å². The van der Waals surface area contributed by atoms with Gasteiger partial charge in [0.2, 0.25) is 5.71 Å². The van der Waals surface area contributed by atoms with Crippen molar-refractivity contribution < 1.29 is 4.42 Å². The Morgan fingerprint density at radius 2 is 1.43 bits per heavy atom. The quantitative estimate of drug-likeness (QED) is 0.594. The summed E-state index contributed by atoms with van der Waals surface area (Å²) in [6.07, 6.45) is 0. The van der Waals surface area contributed by atoms with Crippen LogP contribution in [-0.2, 0) is 0 Å². The molecule has 2 aromatic heterocycles. The lowest BCUT2D eigenvalue weighted by molar-refractivity contribution is 0.617. The Labute approximate surface area is 133 Å². The maximum Gasteiger partial charge on any atom is 0.232 e. The number of hydrogen-bond donors (Lipinski definition) is 1. The minimum atomic E-state index is 0.442. The highest BCUT2D eigenvalue weighted by Crippen LogP contribution is 2.41. The van der Waals surface area contributed by atoms with Gasteiger partial charge in [-0.15, -0.1) is 0 Å². The third-order valence-corrected chi connectivity index (χ3v) is 3.79. The maximum absolute atomic E-state index is 6.18. The highest BCUT2D eigenvalue weighted by Gasteiger charge is 2.21. The summed E-state index contributed by atoms with van der Waals surface area (Å²) in [5, 5.41) is 0.764. The number of nitrogen functional groups attached to an aromatic ring is 1. The zero-order valence-electron chi connectivity index (χ0n) is 12.7. The summed E-state index contributed by atoms with van der Waals surface area (Å²) >= 11 is 0. The van der Waals surface area contributed by atoms with Crippen LogP contribution in [0, 0.1) is 6.92 Å². The van der Waals surface area contributed by atoms with Gasteiger partial charge >= 0.3 is 0 Å². The van der Waals surface area contributed by atoms with Crippen LogP contribution in [0.2, 0.25) is 0 Å². The van der Waals surface area contributed by atoms with Crippen molar-refractivity contribution in [1.29, 1.82) is 0 Å². The second-order valence-corrected chi connectivity index (χ2v) is 5.37. The molecule has 0 aliphatic heterocycles. The van der Waals surface area contributed by atoms with Gasteiger partial charge in [0, 0.05) is 11.1 Å². The average molecular weight is 301 g/mol. The summed E-state index contributed by atoms with van der Waals surface area (Å²) in [4.78, 5) is 8.71. The molecule has 0 spiro atoms. The third-order valence-electron chi connectivity index (χ3n) is 3.79. The molecule has 0 bridgehead atoms. The Bertz CT molecular complexity index is 976. The Morgan fingerprint density at radius 1 is 0.826 bits per heavy atom. The number of aromatic nitrogens is 2. The molecule has 0 unspecified atom stereocenters. The second kappa shape index (κ2) is 5.25. The van der Waals surface area contributed by atoms with Crippen molar-refractivity contribution in [2.45, 2.75) is 6.92 Å². The van der Waals surface area contributed by atoms with Crippen LogP contribution in [0.4, 0.5) is 5.82 Å². The number of hydrogen-bond acceptors (Lipinski definition) is 4. The Balaban J connectivity index is 2.12. The van der Waals surface area contributed by atoms with E-state index in [0.717, 1.165) is 27.8 Å². The minimum Gasteiger partial charge on any atom is -0.437 e. The molecular weight excluding hydrogens is 286 g/mol. The summed E-state index contributed by atoms with van der Waals surface area (Å²) in [5.41, 5.74) is 9.65. The predicted molar refractivity (Wildman–Crippen MR) is 91.8 cm³/mol. The van der Waals surface area contributed by atoms with Gasteiger partial charge in [-0.3, -0.25) is 0 Å². The number of anilines is 1. The molecule has 4 nitrogen and oxygen atoms in total. The summed E-state index contributed by atoms with van der Waals surface area (Å²) in [6.45, 7) is 1.81. The number of aryl methyl sites for hydroxylation is 1. The molecule has 0 amide bonds. The third kappa shape index (κ3) is 2.25. The summed E-state index contributed by atoms with van der Waals surface area (Å²) in [6, 6.07) is 20.0. The van der Waals surface area contributed by atoms with Gasteiger partial charge in [0.15, 0.2) is 0 Å². The van der Waals surface area contributed by atoms with Crippen molar-refractivity contribution in [3.63, 3.8) is 0 Å². The fourth-order valence-electron chi connectivity index (χ4n) is 2.81. The van der Waals surface area contributed by atoms with E-state index < -0.39 is 0 Å². The number of nitrogens with two attached hydrogens (primary N) is 1. The molecule has 0 aliphatic rings. The molecule has 2 N–H and O–H groups in total. The number of fused-ring (bicyclic) bond motifs is 1. The van der Waals surface area contributed by atoms with Gasteiger partial charge in [0.25, 0.3) is 0 Å². The number of benzene rings is 2. The molecule has 4 heteroatoms. The van der Waals surface area contributed by atoms with Crippen LogP contribution >= 0.6 is 0 Å². The summed E-state index contributed by atoms with van der Waals surface area (Å²) in [5.74, 6) is 1.80. The monoisotopic (exact) mass is 301 g/mol. The van der Waals surface area contributed by atoms with Gasteiger partial charge in [0.1, 0.15) is 17.4 Å². The van der Waals surface area contributed by atoms with Crippen LogP contribution in [0.25, 0.3) is 33.6 Å². The molecule has 112 valence electrons. The van der Waals surface area contributed by atoms with E-state index in [0.29, 0.717) is 17.4 Å². The first-order valence-corrected chi connectivity index (χ1v) is 7.41. The van der Waals surface area contributed by atoms with Crippen molar-refractivity contribution in [2.24, 2.45) is 0 Å². The lowest BCUT2D eigenvalue weighted by Gasteiger charge is -2.04. The molecule has 0 radical (unpaired) electrons. The fourth-order valence-corrected chi connectivity index (χ4v) is 2.81. The summed E-state index contributed by atoms with van der Waals surface area (Å²) in [7, 11) is 0. The van der Waals surface area contributed by atoms with Crippen LogP contribution in [0.15, 0.2) is 65.1 Å². The van der Waals surface area contributed by atoms with Gasteiger partial charge < -0.3 is 10.2 Å². The first-order valence-electron chi connectivity index (χ1n) is 7.41. The van der Waals surface area contributed by atoms with Crippen LogP contribution in [0.3, 0.4) is 0 Å². The highest BCUT2D eigenvalue weighted by atomic mass is 16.3. The number of furan rings is 1. The Morgan fingerprint density at radius 3 is 2.09 bits per heavy atom. The number of rotatable bonds is 2.